The van der Waals surface area contributed by atoms with Crippen molar-refractivity contribution in [2.75, 3.05) is 0 Å². The molecule has 2 aliphatic carbocycles. The van der Waals surface area contributed by atoms with Crippen molar-refractivity contribution < 1.29 is 8.96 Å². The standard InChI is InChI=1S/C28H31FN/c29-26-10-6-22(7-11-26)20-23-14-18-30(19-15-23)27-12-8-24(9-13-27)21-28(16-17-28)25-4-2-1-3-5-25/h1-7,10-11,14-15,18-19,24,27H,8-9,12-13,16-17,20-21H2/q+1. The largest absolute Gasteiger partial charge is 0.207 e. The fourth-order valence-electron chi connectivity index (χ4n) is 5.42. The van der Waals surface area contributed by atoms with Gasteiger partial charge in [0.2, 0.25) is 0 Å². The first-order valence-electron chi connectivity index (χ1n) is 11.5. The maximum Gasteiger partial charge on any atom is 0.169 e. The van der Waals surface area contributed by atoms with Crippen molar-refractivity contribution >= 4 is 0 Å². The van der Waals surface area contributed by atoms with Gasteiger partial charge in [0.25, 0.3) is 0 Å². The van der Waals surface area contributed by atoms with Crippen molar-refractivity contribution in [3.8, 4) is 0 Å². The molecular formula is C28H31FN+. The maximum absolute atomic E-state index is 13.1. The van der Waals surface area contributed by atoms with Gasteiger partial charge in [-0.15, -0.1) is 0 Å². The van der Waals surface area contributed by atoms with Crippen LogP contribution in [-0.2, 0) is 11.8 Å². The molecule has 1 aromatic heterocycles. The molecule has 1 heterocycles. The Morgan fingerprint density at radius 2 is 1.40 bits per heavy atom. The van der Waals surface area contributed by atoms with Crippen molar-refractivity contribution in [2.24, 2.45) is 5.92 Å². The summed E-state index contributed by atoms with van der Waals surface area (Å²) in [6.07, 6.45) is 14.8. The molecule has 2 aromatic carbocycles. The van der Waals surface area contributed by atoms with Crippen molar-refractivity contribution in [1.82, 2.24) is 0 Å². The van der Waals surface area contributed by atoms with Gasteiger partial charge in [0, 0.05) is 25.0 Å². The molecule has 0 aliphatic heterocycles. The monoisotopic (exact) mass is 400 g/mol. The van der Waals surface area contributed by atoms with E-state index in [-0.39, 0.29) is 5.82 Å². The van der Waals surface area contributed by atoms with E-state index in [0.717, 1.165) is 17.9 Å². The summed E-state index contributed by atoms with van der Waals surface area (Å²) >= 11 is 0. The molecule has 0 amide bonds. The lowest BCUT2D eigenvalue weighted by Crippen LogP contribution is -2.41. The second-order valence-electron chi connectivity index (χ2n) is 9.48. The minimum atomic E-state index is -0.170. The summed E-state index contributed by atoms with van der Waals surface area (Å²) < 4.78 is 15.5. The number of halogens is 1. The third-order valence-electron chi connectivity index (χ3n) is 7.40. The molecule has 2 fully saturated rings. The highest BCUT2D eigenvalue weighted by molar-refractivity contribution is 5.31. The maximum atomic E-state index is 13.1. The zero-order valence-corrected chi connectivity index (χ0v) is 17.6. The summed E-state index contributed by atoms with van der Waals surface area (Å²) in [7, 11) is 0. The van der Waals surface area contributed by atoms with Crippen LogP contribution in [0.2, 0.25) is 0 Å². The van der Waals surface area contributed by atoms with E-state index in [9.17, 15) is 4.39 Å². The van der Waals surface area contributed by atoms with E-state index in [2.05, 4.69) is 59.4 Å². The van der Waals surface area contributed by atoms with Gasteiger partial charge >= 0.3 is 0 Å². The molecule has 0 N–H and O–H groups in total. The first-order valence-corrected chi connectivity index (χ1v) is 11.5. The molecule has 154 valence electrons. The topological polar surface area (TPSA) is 3.88 Å². The van der Waals surface area contributed by atoms with Crippen LogP contribution in [0.3, 0.4) is 0 Å². The summed E-state index contributed by atoms with van der Waals surface area (Å²) in [4.78, 5) is 0. The van der Waals surface area contributed by atoms with Crippen molar-refractivity contribution in [1.29, 1.82) is 0 Å². The average Bonchev–Trinajstić information content (AvgIpc) is 3.58. The molecule has 0 atom stereocenters. The molecule has 1 nitrogen and oxygen atoms in total. The minimum Gasteiger partial charge on any atom is -0.207 e. The Hall–Kier alpha value is -2.48. The summed E-state index contributed by atoms with van der Waals surface area (Å²) in [5.74, 6) is 0.707. The van der Waals surface area contributed by atoms with Crippen LogP contribution in [0.15, 0.2) is 79.1 Å². The fourth-order valence-corrected chi connectivity index (χ4v) is 5.42. The molecule has 3 aromatic rings. The van der Waals surface area contributed by atoms with E-state index < -0.39 is 0 Å². The minimum absolute atomic E-state index is 0.170. The van der Waals surface area contributed by atoms with E-state index in [0.29, 0.717) is 11.5 Å². The van der Waals surface area contributed by atoms with Gasteiger partial charge in [-0.25, -0.2) is 8.96 Å². The number of pyridine rings is 1. The van der Waals surface area contributed by atoms with Crippen molar-refractivity contribution in [2.45, 2.75) is 62.8 Å². The molecule has 0 spiro atoms. The number of hydrogen-bond acceptors (Lipinski definition) is 0. The Labute approximate surface area is 179 Å². The Morgan fingerprint density at radius 3 is 2.03 bits per heavy atom. The van der Waals surface area contributed by atoms with Crippen LogP contribution in [0, 0.1) is 11.7 Å². The Morgan fingerprint density at radius 1 is 0.767 bits per heavy atom. The van der Waals surface area contributed by atoms with E-state index in [1.165, 1.54) is 50.5 Å². The van der Waals surface area contributed by atoms with E-state index in [1.807, 2.05) is 12.1 Å². The Bertz CT molecular complexity index is 950. The highest BCUT2D eigenvalue weighted by atomic mass is 19.1. The van der Waals surface area contributed by atoms with Crippen molar-refractivity contribution in [3.05, 3.63) is 102 Å². The van der Waals surface area contributed by atoms with Crippen LogP contribution < -0.4 is 4.57 Å². The highest BCUT2D eigenvalue weighted by Crippen LogP contribution is 2.54. The fraction of sp³-hybridized carbons (Fsp3) is 0.393. The average molecular weight is 401 g/mol. The second-order valence-corrected chi connectivity index (χ2v) is 9.48. The highest BCUT2D eigenvalue weighted by Gasteiger charge is 2.46. The predicted molar refractivity (Wildman–Crippen MR) is 119 cm³/mol. The van der Waals surface area contributed by atoms with Gasteiger partial charge in [-0.2, -0.15) is 0 Å². The van der Waals surface area contributed by atoms with Crippen LogP contribution >= 0.6 is 0 Å². The normalized spacial score (nSPS) is 22.6. The lowest BCUT2D eigenvalue weighted by Gasteiger charge is -2.29. The quantitative estimate of drug-likeness (QED) is 0.413. The molecular weight excluding hydrogens is 369 g/mol. The Kier molecular flexibility index (Phi) is 5.41. The number of rotatable bonds is 6. The third-order valence-corrected chi connectivity index (χ3v) is 7.40. The number of benzene rings is 2. The summed E-state index contributed by atoms with van der Waals surface area (Å²) in [6, 6.07) is 23.1. The predicted octanol–water partition coefficient (Wildman–Crippen LogP) is 6.56. The molecule has 0 radical (unpaired) electrons. The van der Waals surface area contributed by atoms with Crippen LogP contribution in [0.1, 0.15) is 67.7 Å². The number of aromatic nitrogens is 1. The van der Waals surface area contributed by atoms with Crippen molar-refractivity contribution in [3.63, 3.8) is 0 Å². The van der Waals surface area contributed by atoms with Gasteiger partial charge in [-0.3, -0.25) is 0 Å². The summed E-state index contributed by atoms with van der Waals surface area (Å²) in [5, 5.41) is 0. The lowest BCUT2D eigenvalue weighted by atomic mass is 9.77. The van der Waals surface area contributed by atoms with E-state index in [1.54, 1.807) is 17.7 Å². The van der Waals surface area contributed by atoms with Gasteiger partial charge in [0.1, 0.15) is 5.82 Å². The number of nitrogens with zero attached hydrogens (tertiary/aromatic N) is 1. The molecule has 0 bridgehead atoms. The van der Waals surface area contributed by atoms with Crippen LogP contribution in [0.5, 0.6) is 0 Å². The molecule has 2 aliphatic rings. The summed E-state index contributed by atoms with van der Waals surface area (Å²) in [5.41, 5.74) is 4.50. The zero-order valence-electron chi connectivity index (χ0n) is 17.6. The molecule has 0 unspecified atom stereocenters. The molecule has 0 saturated heterocycles. The van der Waals surface area contributed by atoms with Gasteiger partial charge < -0.3 is 0 Å². The van der Waals surface area contributed by atoms with Gasteiger partial charge in [0.05, 0.1) is 0 Å². The molecule has 5 rings (SSSR count). The first-order chi connectivity index (χ1) is 14.7. The zero-order chi connectivity index (χ0) is 20.4. The van der Waals surface area contributed by atoms with Gasteiger partial charge in [0.15, 0.2) is 18.4 Å². The number of hydrogen-bond donors (Lipinski definition) is 0. The Balaban J connectivity index is 1.15. The van der Waals surface area contributed by atoms with Crippen LogP contribution in [-0.4, -0.2) is 0 Å². The third kappa shape index (κ3) is 4.33. The first kappa shape index (κ1) is 19.5. The molecule has 2 heteroatoms. The van der Waals surface area contributed by atoms with Gasteiger partial charge in [-0.05, 0) is 78.7 Å². The molecule has 30 heavy (non-hydrogen) atoms. The lowest BCUT2D eigenvalue weighted by molar-refractivity contribution is -0.726. The van der Waals surface area contributed by atoms with Crippen LogP contribution in [0.25, 0.3) is 0 Å². The summed E-state index contributed by atoms with van der Waals surface area (Å²) in [6.45, 7) is 0. The van der Waals surface area contributed by atoms with Gasteiger partial charge in [-0.1, -0.05) is 42.5 Å². The smallest absolute Gasteiger partial charge is 0.169 e. The van der Waals surface area contributed by atoms with E-state index >= 15 is 0 Å². The molecule has 2 saturated carbocycles. The van der Waals surface area contributed by atoms with E-state index in [4.69, 9.17) is 0 Å². The second kappa shape index (κ2) is 8.34. The SMILES string of the molecule is Fc1ccc(Cc2cc[n+](C3CCC(CC4(c5ccccc5)CC4)CC3)cc2)cc1. The van der Waals surface area contributed by atoms with Crippen LogP contribution in [0.4, 0.5) is 4.39 Å².